The molecule has 7 nitrogen and oxygen atoms in total. The van der Waals surface area contributed by atoms with E-state index in [4.69, 9.17) is 5.14 Å². The molecule has 0 spiro atoms. The van der Waals surface area contributed by atoms with Gasteiger partial charge in [0, 0.05) is 17.0 Å². The molecule has 1 unspecified atom stereocenters. The van der Waals surface area contributed by atoms with Crippen LogP contribution in [0.2, 0.25) is 0 Å². The summed E-state index contributed by atoms with van der Waals surface area (Å²) in [5.74, 6) is -0.168. The number of rotatable bonds is 7. The van der Waals surface area contributed by atoms with Gasteiger partial charge < -0.3 is 5.32 Å². The quantitative estimate of drug-likeness (QED) is 0.540. The van der Waals surface area contributed by atoms with E-state index < -0.39 is 10.0 Å². The first-order valence-corrected chi connectivity index (χ1v) is 12.5. The van der Waals surface area contributed by atoms with Gasteiger partial charge in [0.2, 0.25) is 15.9 Å². The smallest absolute Gasteiger partial charge is 0.240 e. The number of carbonyl (C=O) groups is 1. The van der Waals surface area contributed by atoms with E-state index in [0.717, 1.165) is 27.9 Å². The molecule has 1 heterocycles. The van der Waals surface area contributed by atoms with Gasteiger partial charge in [0.15, 0.2) is 5.13 Å². The molecule has 0 bridgehead atoms. The van der Waals surface area contributed by atoms with Crippen LogP contribution in [0.3, 0.4) is 0 Å². The number of hydrogen-bond acceptors (Lipinski definition) is 6. The van der Waals surface area contributed by atoms with Crippen molar-refractivity contribution in [3.63, 3.8) is 0 Å². The number of nitrogens with one attached hydrogen (secondary N) is 1. The third kappa shape index (κ3) is 5.60. The molecule has 0 fully saturated rings. The van der Waals surface area contributed by atoms with Gasteiger partial charge in [-0.15, -0.1) is 11.3 Å². The van der Waals surface area contributed by atoms with E-state index >= 15 is 0 Å². The van der Waals surface area contributed by atoms with Crippen LogP contribution in [0, 0.1) is 20.8 Å². The zero-order valence-electron chi connectivity index (χ0n) is 18.8. The average Bonchev–Trinajstić information content (AvgIpc) is 3.13. The van der Waals surface area contributed by atoms with Gasteiger partial charge in [-0.1, -0.05) is 29.8 Å². The second-order valence-electron chi connectivity index (χ2n) is 8.06. The molecule has 9 heteroatoms. The van der Waals surface area contributed by atoms with E-state index in [2.05, 4.69) is 43.2 Å². The molecule has 2 aromatic carbocycles. The van der Waals surface area contributed by atoms with Gasteiger partial charge in [-0.3, -0.25) is 9.69 Å². The van der Waals surface area contributed by atoms with Crippen molar-refractivity contribution >= 4 is 32.4 Å². The summed E-state index contributed by atoms with van der Waals surface area (Å²) in [5, 5.41) is 10.5. The van der Waals surface area contributed by atoms with Crippen LogP contribution in [0.5, 0.6) is 0 Å². The zero-order chi connectivity index (χ0) is 23.6. The Kier molecular flexibility index (Phi) is 7.14. The van der Waals surface area contributed by atoms with Crippen molar-refractivity contribution in [3.05, 3.63) is 64.0 Å². The Morgan fingerprint density at radius 2 is 1.75 bits per heavy atom. The summed E-state index contributed by atoms with van der Waals surface area (Å²) in [6, 6.07) is 10.5. The predicted octanol–water partition coefficient (Wildman–Crippen LogP) is 4.01. The van der Waals surface area contributed by atoms with Crippen LogP contribution in [0.25, 0.3) is 11.3 Å². The SMILES string of the molecule is Cc1cc(C)c(-c2csc(NC(=O)CN(C)C(C)c3ccc(S(N)(=O)=O)cc3)n2)c(C)c1. The fourth-order valence-electron chi connectivity index (χ4n) is 3.74. The lowest BCUT2D eigenvalue weighted by atomic mass is 9.98. The maximum Gasteiger partial charge on any atom is 0.240 e. The van der Waals surface area contributed by atoms with Crippen molar-refractivity contribution in [3.8, 4) is 11.3 Å². The van der Waals surface area contributed by atoms with E-state index in [-0.39, 0.29) is 23.4 Å². The number of nitrogens with two attached hydrogens (primary N) is 1. The largest absolute Gasteiger partial charge is 0.301 e. The molecule has 0 aliphatic carbocycles. The maximum atomic E-state index is 12.6. The number of thiazole rings is 1. The number of benzene rings is 2. The number of sulfonamides is 1. The van der Waals surface area contributed by atoms with Crippen molar-refractivity contribution in [2.45, 2.75) is 38.6 Å². The lowest BCUT2D eigenvalue weighted by molar-refractivity contribution is -0.117. The Bertz CT molecular complexity index is 1210. The van der Waals surface area contributed by atoms with E-state index in [1.165, 1.54) is 29.0 Å². The van der Waals surface area contributed by atoms with Gasteiger partial charge in [0.25, 0.3) is 0 Å². The van der Waals surface area contributed by atoms with Crippen LogP contribution in [0.4, 0.5) is 5.13 Å². The van der Waals surface area contributed by atoms with Crippen molar-refractivity contribution in [1.29, 1.82) is 0 Å². The summed E-state index contributed by atoms with van der Waals surface area (Å²) in [6.45, 7) is 8.32. The Hall–Kier alpha value is -2.59. The molecule has 3 N–H and O–H groups in total. The third-order valence-corrected chi connectivity index (χ3v) is 7.12. The number of likely N-dealkylation sites (N-methyl/N-ethyl adjacent to an activating group) is 1. The van der Waals surface area contributed by atoms with Crippen LogP contribution in [0.15, 0.2) is 46.7 Å². The Morgan fingerprint density at radius 1 is 1.16 bits per heavy atom. The first kappa shape index (κ1) is 24.1. The minimum absolute atomic E-state index is 0.0625. The number of carbonyl (C=O) groups excluding carboxylic acids is 1. The first-order valence-electron chi connectivity index (χ1n) is 10.1. The second kappa shape index (κ2) is 9.50. The van der Waals surface area contributed by atoms with Crippen LogP contribution in [-0.4, -0.2) is 37.8 Å². The minimum Gasteiger partial charge on any atom is -0.301 e. The van der Waals surface area contributed by atoms with Crippen LogP contribution < -0.4 is 10.5 Å². The van der Waals surface area contributed by atoms with Gasteiger partial charge in [-0.2, -0.15) is 0 Å². The number of anilines is 1. The van der Waals surface area contributed by atoms with Crippen LogP contribution in [0.1, 0.15) is 35.2 Å². The molecule has 1 atom stereocenters. The number of nitrogens with zero attached hydrogens (tertiary/aromatic N) is 2. The molecule has 3 rings (SSSR count). The molecular formula is C23H28N4O3S2. The lowest BCUT2D eigenvalue weighted by Gasteiger charge is -2.24. The van der Waals surface area contributed by atoms with Gasteiger partial charge in [0.1, 0.15) is 0 Å². The lowest BCUT2D eigenvalue weighted by Crippen LogP contribution is -2.32. The molecular weight excluding hydrogens is 444 g/mol. The Balaban J connectivity index is 1.65. The molecule has 3 aromatic rings. The van der Waals surface area contributed by atoms with Crippen molar-refractivity contribution in [2.24, 2.45) is 5.14 Å². The number of aromatic nitrogens is 1. The average molecular weight is 473 g/mol. The fourth-order valence-corrected chi connectivity index (χ4v) is 4.98. The number of hydrogen-bond donors (Lipinski definition) is 2. The second-order valence-corrected chi connectivity index (χ2v) is 10.5. The highest BCUT2D eigenvalue weighted by Crippen LogP contribution is 2.31. The normalized spacial score (nSPS) is 12.7. The summed E-state index contributed by atoms with van der Waals surface area (Å²) in [4.78, 5) is 19.1. The third-order valence-electron chi connectivity index (χ3n) is 5.43. The van der Waals surface area contributed by atoms with E-state index in [9.17, 15) is 13.2 Å². The number of amides is 1. The Morgan fingerprint density at radius 3 is 2.31 bits per heavy atom. The topological polar surface area (TPSA) is 105 Å². The molecule has 0 aliphatic rings. The van der Waals surface area contributed by atoms with Gasteiger partial charge >= 0.3 is 0 Å². The highest BCUT2D eigenvalue weighted by molar-refractivity contribution is 7.89. The molecule has 32 heavy (non-hydrogen) atoms. The summed E-state index contributed by atoms with van der Waals surface area (Å²) in [7, 11) is -1.89. The van der Waals surface area contributed by atoms with Crippen LogP contribution in [-0.2, 0) is 14.8 Å². The molecule has 0 radical (unpaired) electrons. The summed E-state index contributed by atoms with van der Waals surface area (Å²) in [6.07, 6.45) is 0. The highest BCUT2D eigenvalue weighted by atomic mass is 32.2. The summed E-state index contributed by atoms with van der Waals surface area (Å²) in [5.41, 5.74) is 6.37. The van der Waals surface area contributed by atoms with Crippen molar-refractivity contribution in [1.82, 2.24) is 9.88 Å². The van der Waals surface area contributed by atoms with Gasteiger partial charge in [-0.25, -0.2) is 18.5 Å². The molecule has 170 valence electrons. The zero-order valence-corrected chi connectivity index (χ0v) is 20.5. The molecule has 1 amide bonds. The predicted molar refractivity (Wildman–Crippen MR) is 129 cm³/mol. The standard InChI is InChI=1S/C23H28N4O3S2/c1-14-10-15(2)22(16(3)11-14)20-13-31-23(25-20)26-21(28)12-27(5)17(4)18-6-8-19(9-7-18)32(24,29)30/h6-11,13,17H,12H2,1-5H3,(H2,24,29,30)(H,25,26,28). The molecule has 0 aliphatic heterocycles. The fraction of sp³-hybridized carbons (Fsp3) is 0.304. The van der Waals surface area contributed by atoms with Crippen LogP contribution >= 0.6 is 11.3 Å². The molecule has 0 saturated carbocycles. The maximum absolute atomic E-state index is 12.6. The number of primary sulfonamides is 1. The molecule has 1 aromatic heterocycles. The van der Waals surface area contributed by atoms with E-state index in [0.29, 0.717) is 5.13 Å². The summed E-state index contributed by atoms with van der Waals surface area (Å²) < 4.78 is 22.8. The van der Waals surface area contributed by atoms with E-state index in [1.54, 1.807) is 12.1 Å². The highest BCUT2D eigenvalue weighted by Gasteiger charge is 2.18. The van der Waals surface area contributed by atoms with Gasteiger partial charge in [0.05, 0.1) is 17.1 Å². The Labute approximate surface area is 193 Å². The minimum atomic E-state index is -3.73. The number of aryl methyl sites for hydroxylation is 3. The van der Waals surface area contributed by atoms with E-state index in [1.807, 2.05) is 24.3 Å². The van der Waals surface area contributed by atoms with Crippen molar-refractivity contribution in [2.75, 3.05) is 18.9 Å². The molecule has 0 saturated heterocycles. The monoisotopic (exact) mass is 472 g/mol. The van der Waals surface area contributed by atoms with Gasteiger partial charge in [-0.05, 0) is 63.6 Å². The van der Waals surface area contributed by atoms with Crippen molar-refractivity contribution < 1.29 is 13.2 Å². The first-order chi connectivity index (χ1) is 15.0. The summed E-state index contributed by atoms with van der Waals surface area (Å²) >= 11 is 1.40.